The Morgan fingerprint density at radius 3 is 1.88 bits per heavy atom. The van der Waals surface area contributed by atoms with Crippen LogP contribution in [0.5, 0.6) is 0 Å². The lowest BCUT2D eigenvalue weighted by Crippen LogP contribution is -2.65. The number of hydrogen-bond acceptors (Lipinski definition) is 15. The van der Waals surface area contributed by atoms with Crippen molar-refractivity contribution in [3.8, 4) is 0 Å². The van der Waals surface area contributed by atoms with Crippen LogP contribution in [0, 0.1) is 0 Å². The molecule has 11 N–H and O–H groups in total. The summed E-state index contributed by atoms with van der Waals surface area (Å²) in [4.78, 5) is 0. The van der Waals surface area contributed by atoms with Gasteiger partial charge < -0.3 is 75.1 Å². The Hall–Kier alpha value is -0.600. The van der Waals surface area contributed by atoms with Crippen LogP contribution in [0.15, 0.2) is 0 Å². The molecule has 0 saturated carbocycles. The minimum Gasteiger partial charge on any atom is -0.394 e. The summed E-state index contributed by atoms with van der Waals surface area (Å²) in [6, 6.07) is 0. The number of aliphatic hydroxyl groups excluding tert-OH is 11. The van der Waals surface area contributed by atoms with Crippen LogP contribution >= 0.6 is 0 Å². The van der Waals surface area contributed by atoms with Gasteiger partial charge in [-0.15, -0.1) is 0 Å². The quantitative estimate of drug-likeness (QED) is 0.136. The first-order valence-electron chi connectivity index (χ1n) is 10.4. The van der Waals surface area contributed by atoms with Crippen LogP contribution in [0.1, 0.15) is 6.92 Å². The summed E-state index contributed by atoms with van der Waals surface area (Å²) < 4.78 is 21.6. The summed E-state index contributed by atoms with van der Waals surface area (Å²) in [6.45, 7) is -1.33. The molecule has 0 aromatic heterocycles. The van der Waals surface area contributed by atoms with Gasteiger partial charge in [0.1, 0.15) is 67.1 Å². The van der Waals surface area contributed by atoms with Gasteiger partial charge in [0.25, 0.3) is 0 Å². The van der Waals surface area contributed by atoms with Gasteiger partial charge in [-0.25, -0.2) is 0 Å². The lowest BCUT2D eigenvalue weighted by molar-refractivity contribution is -0.375. The van der Waals surface area contributed by atoms with E-state index in [1.807, 2.05) is 0 Å². The molecule has 0 spiro atoms. The molecule has 15 nitrogen and oxygen atoms in total. The molecule has 2 aliphatic rings. The van der Waals surface area contributed by atoms with Crippen LogP contribution in [0.25, 0.3) is 0 Å². The molecule has 2 saturated heterocycles. The monoisotopic (exact) mass is 490 g/mol. The molecule has 0 bridgehead atoms. The molecule has 2 rings (SSSR count). The van der Waals surface area contributed by atoms with E-state index < -0.39 is 106 Å². The van der Waals surface area contributed by atoms with Crippen molar-refractivity contribution >= 4 is 0 Å². The molecule has 0 aliphatic carbocycles. The summed E-state index contributed by atoms with van der Waals surface area (Å²) in [5.74, 6) is 0. The topological polar surface area (TPSA) is 259 Å². The van der Waals surface area contributed by atoms with E-state index in [1.165, 1.54) is 6.92 Å². The summed E-state index contributed by atoms with van der Waals surface area (Å²) in [7, 11) is 0. The van der Waals surface area contributed by atoms with E-state index in [0.717, 1.165) is 0 Å². The van der Waals surface area contributed by atoms with E-state index in [9.17, 15) is 51.1 Å². The lowest BCUT2D eigenvalue weighted by atomic mass is 9.97. The third-order valence-electron chi connectivity index (χ3n) is 5.70. The van der Waals surface area contributed by atoms with E-state index in [0.29, 0.717) is 0 Å². The predicted molar refractivity (Wildman–Crippen MR) is 102 cm³/mol. The Labute approximate surface area is 188 Å². The summed E-state index contributed by atoms with van der Waals surface area (Å²) in [5.41, 5.74) is 0. The van der Waals surface area contributed by atoms with Crippen LogP contribution in [0.2, 0.25) is 0 Å². The van der Waals surface area contributed by atoms with Crippen molar-refractivity contribution in [2.75, 3.05) is 19.8 Å². The first kappa shape index (κ1) is 28.6. The van der Waals surface area contributed by atoms with Crippen LogP contribution < -0.4 is 0 Å². The number of rotatable bonds is 10. The molecule has 14 atom stereocenters. The fourth-order valence-electron chi connectivity index (χ4n) is 3.58. The minimum atomic E-state index is -1.97. The van der Waals surface area contributed by atoms with E-state index >= 15 is 0 Å². The average Bonchev–Trinajstić information content (AvgIpc) is 2.81. The smallest absolute Gasteiger partial charge is 0.187 e. The first-order valence-corrected chi connectivity index (χ1v) is 10.4. The number of ether oxygens (including phenoxy) is 4. The summed E-state index contributed by atoms with van der Waals surface area (Å²) >= 11 is 0. The number of hydrogen-bond donors (Lipinski definition) is 11. The van der Waals surface area contributed by atoms with Crippen LogP contribution in [0.4, 0.5) is 0 Å². The molecule has 33 heavy (non-hydrogen) atoms. The second kappa shape index (κ2) is 12.4. The molecular formula is C18H34O15. The Morgan fingerprint density at radius 2 is 1.33 bits per heavy atom. The molecule has 0 aromatic rings. The number of aliphatic hydroxyl groups is 11. The fourth-order valence-corrected chi connectivity index (χ4v) is 3.58. The Balaban J connectivity index is 2.30. The van der Waals surface area contributed by atoms with Gasteiger partial charge in [0.2, 0.25) is 0 Å². The van der Waals surface area contributed by atoms with Gasteiger partial charge in [0, 0.05) is 0 Å². The van der Waals surface area contributed by atoms with Gasteiger partial charge in [0.15, 0.2) is 12.6 Å². The Morgan fingerprint density at radius 1 is 0.727 bits per heavy atom. The molecule has 0 unspecified atom stereocenters. The zero-order chi connectivity index (χ0) is 25.0. The van der Waals surface area contributed by atoms with Crippen molar-refractivity contribution in [1.29, 1.82) is 0 Å². The molecular weight excluding hydrogens is 456 g/mol. The SMILES string of the molecule is C[C@@H]1O[C@@H](O[C@H]2[C@H](O[C@@H]([C@H](O)[C@H](O)CO)[C@@H](O)CO)O[C@H](CO)[C@H](O)[C@@H]2O)[C@@H](O)[C@H](O)[C@@H]1O. The maximum absolute atomic E-state index is 10.6. The minimum absolute atomic E-state index is 0.801. The zero-order valence-electron chi connectivity index (χ0n) is 17.8. The zero-order valence-corrected chi connectivity index (χ0v) is 17.8. The predicted octanol–water partition coefficient (Wildman–Crippen LogP) is -6.91. The van der Waals surface area contributed by atoms with E-state index in [-0.39, 0.29) is 0 Å². The lowest BCUT2D eigenvalue weighted by Gasteiger charge is -2.46. The van der Waals surface area contributed by atoms with E-state index in [2.05, 4.69) is 0 Å². The molecule has 2 fully saturated rings. The van der Waals surface area contributed by atoms with Crippen LogP contribution in [-0.2, 0) is 18.9 Å². The maximum atomic E-state index is 10.6. The van der Waals surface area contributed by atoms with Gasteiger partial charge in [-0.05, 0) is 6.92 Å². The average molecular weight is 490 g/mol. The highest BCUT2D eigenvalue weighted by Crippen LogP contribution is 2.31. The highest BCUT2D eigenvalue weighted by atomic mass is 16.8. The van der Waals surface area contributed by atoms with Crippen LogP contribution in [-0.4, -0.2) is 162 Å². The third kappa shape index (κ3) is 6.35. The van der Waals surface area contributed by atoms with Gasteiger partial charge in [-0.1, -0.05) is 0 Å². The van der Waals surface area contributed by atoms with E-state index in [1.54, 1.807) is 0 Å². The van der Waals surface area contributed by atoms with Gasteiger partial charge in [-0.2, -0.15) is 0 Å². The van der Waals surface area contributed by atoms with Crippen molar-refractivity contribution in [3.63, 3.8) is 0 Å². The van der Waals surface area contributed by atoms with Gasteiger partial charge in [-0.3, -0.25) is 0 Å². The molecule has 15 heteroatoms. The molecule has 2 heterocycles. The summed E-state index contributed by atoms with van der Waals surface area (Å²) in [5, 5.41) is 109. The summed E-state index contributed by atoms with van der Waals surface area (Å²) in [6.07, 6.45) is -23.6. The van der Waals surface area contributed by atoms with Crippen LogP contribution in [0.3, 0.4) is 0 Å². The second-order valence-corrected chi connectivity index (χ2v) is 8.08. The normalized spacial score (nSPS) is 43.6. The van der Waals surface area contributed by atoms with E-state index in [4.69, 9.17) is 24.1 Å². The van der Waals surface area contributed by atoms with Crippen molar-refractivity contribution in [3.05, 3.63) is 0 Å². The highest BCUT2D eigenvalue weighted by Gasteiger charge is 2.51. The fraction of sp³-hybridized carbons (Fsp3) is 1.00. The third-order valence-corrected chi connectivity index (χ3v) is 5.70. The highest BCUT2D eigenvalue weighted by molar-refractivity contribution is 4.94. The largest absolute Gasteiger partial charge is 0.394 e. The van der Waals surface area contributed by atoms with Gasteiger partial charge in [0.05, 0.1) is 25.9 Å². The van der Waals surface area contributed by atoms with Crippen molar-refractivity contribution in [1.82, 2.24) is 0 Å². The Kier molecular flexibility index (Phi) is 10.7. The Bertz CT molecular complexity index is 583. The molecule has 2 aliphatic heterocycles. The second-order valence-electron chi connectivity index (χ2n) is 8.08. The standard InChI is InChI=1S/C18H34O15/c1-5-9(24)12(27)14(29)17(30-5)33-16-13(28)11(26)8(4-21)31-18(16)32-15(7(23)3-20)10(25)6(22)2-19/h5-29H,2-4H2,1H3/t5-,6+,7-,8+,9+,10+,11-,12+,13-,14-,15+,16+,17-,18-/m0/s1. The molecule has 0 radical (unpaired) electrons. The maximum Gasteiger partial charge on any atom is 0.187 e. The molecule has 0 aromatic carbocycles. The molecule has 0 amide bonds. The van der Waals surface area contributed by atoms with Crippen molar-refractivity contribution in [2.45, 2.75) is 92.8 Å². The van der Waals surface area contributed by atoms with Crippen molar-refractivity contribution in [2.24, 2.45) is 0 Å². The van der Waals surface area contributed by atoms with Gasteiger partial charge >= 0.3 is 0 Å². The first-order chi connectivity index (χ1) is 15.5. The molecule has 196 valence electrons. The van der Waals surface area contributed by atoms with Crippen molar-refractivity contribution < 1.29 is 75.1 Å².